The van der Waals surface area contributed by atoms with Crippen molar-refractivity contribution in [2.45, 2.75) is 19.6 Å². The van der Waals surface area contributed by atoms with Gasteiger partial charge >= 0.3 is 5.97 Å². The second-order valence-electron chi connectivity index (χ2n) is 10.4. The Morgan fingerprint density at radius 2 is 1.72 bits per heavy atom. The number of rotatable bonds is 9. The Kier molecular flexibility index (Phi) is 10.2. The first-order valence-corrected chi connectivity index (χ1v) is 17.2. The van der Waals surface area contributed by atoms with Gasteiger partial charge in [-0.15, -0.1) is 0 Å². The molecule has 11 heteroatoms. The molecular formula is C36H27Cl2IN2O5S. The zero-order valence-electron chi connectivity index (χ0n) is 25.2. The van der Waals surface area contributed by atoms with Crippen LogP contribution in [0.3, 0.4) is 0 Å². The Morgan fingerprint density at radius 3 is 2.40 bits per heavy atom. The Bertz CT molecular complexity index is 2180. The highest BCUT2D eigenvalue weighted by atomic mass is 127. The molecule has 0 unspecified atom stereocenters. The number of thiazole rings is 1. The van der Waals surface area contributed by atoms with Crippen molar-refractivity contribution in [2.75, 3.05) is 13.7 Å². The fourth-order valence-electron chi connectivity index (χ4n) is 5.29. The predicted octanol–water partition coefficient (Wildman–Crippen LogP) is 7.43. The summed E-state index contributed by atoms with van der Waals surface area (Å²) < 4.78 is 20.2. The summed E-state index contributed by atoms with van der Waals surface area (Å²) >= 11 is 15.7. The van der Waals surface area contributed by atoms with Gasteiger partial charge in [-0.05, 0) is 76.5 Å². The highest BCUT2D eigenvalue weighted by Crippen LogP contribution is 2.36. The lowest BCUT2D eigenvalue weighted by Gasteiger charge is -2.25. The van der Waals surface area contributed by atoms with Gasteiger partial charge in [-0.3, -0.25) is 9.36 Å². The average Bonchev–Trinajstić information content (AvgIpc) is 3.39. The quantitative estimate of drug-likeness (QED) is 0.115. The summed E-state index contributed by atoms with van der Waals surface area (Å²) in [7, 11) is 1.57. The van der Waals surface area contributed by atoms with Gasteiger partial charge in [0.25, 0.3) is 5.56 Å². The lowest BCUT2D eigenvalue weighted by atomic mass is 9.93. The van der Waals surface area contributed by atoms with Crippen LogP contribution in [0.2, 0.25) is 10.0 Å². The number of aromatic nitrogens is 1. The molecule has 2 heterocycles. The third-order valence-electron chi connectivity index (χ3n) is 7.41. The first-order valence-electron chi connectivity index (χ1n) is 14.6. The third-order valence-corrected chi connectivity index (χ3v) is 9.93. The molecule has 7 nitrogen and oxygen atoms in total. The van der Waals surface area contributed by atoms with Gasteiger partial charge < -0.3 is 14.2 Å². The molecule has 0 spiro atoms. The lowest BCUT2D eigenvalue weighted by molar-refractivity contribution is -0.138. The summed E-state index contributed by atoms with van der Waals surface area (Å²) in [5.41, 5.74) is 3.63. The summed E-state index contributed by atoms with van der Waals surface area (Å²) in [6.45, 7) is 2.20. The highest BCUT2D eigenvalue weighted by Gasteiger charge is 2.35. The van der Waals surface area contributed by atoms with Crippen LogP contribution in [0.4, 0.5) is 0 Å². The molecule has 0 saturated heterocycles. The third kappa shape index (κ3) is 6.89. The second kappa shape index (κ2) is 14.5. The van der Waals surface area contributed by atoms with E-state index in [9.17, 15) is 9.59 Å². The first kappa shape index (κ1) is 33.0. The van der Waals surface area contributed by atoms with E-state index >= 15 is 0 Å². The zero-order chi connectivity index (χ0) is 33.1. The molecule has 1 atom stereocenters. The van der Waals surface area contributed by atoms with Gasteiger partial charge in [-0.25, -0.2) is 9.79 Å². The fourth-order valence-corrected chi connectivity index (χ4v) is 7.39. The van der Waals surface area contributed by atoms with Crippen LogP contribution in [-0.4, -0.2) is 24.3 Å². The summed E-state index contributed by atoms with van der Waals surface area (Å²) in [5, 5.41) is 0.923. The van der Waals surface area contributed by atoms with Crippen molar-refractivity contribution in [3.63, 3.8) is 0 Å². The van der Waals surface area contributed by atoms with Crippen LogP contribution in [0.15, 0.2) is 106 Å². The molecule has 4 aromatic carbocycles. The molecule has 5 aromatic rings. The van der Waals surface area contributed by atoms with E-state index in [0.717, 1.165) is 25.8 Å². The van der Waals surface area contributed by atoms with Crippen molar-refractivity contribution in [2.24, 2.45) is 4.99 Å². The number of fused-ring (bicyclic) bond motifs is 1. The Balaban J connectivity index is 1.47. The number of carbonyl (C=O) groups excluding carboxylic acids is 1. The van der Waals surface area contributed by atoms with Gasteiger partial charge in [0.15, 0.2) is 16.3 Å². The summed E-state index contributed by atoms with van der Waals surface area (Å²) in [5.74, 6) is 0.552. The number of esters is 1. The van der Waals surface area contributed by atoms with E-state index in [1.807, 2.05) is 78.9 Å². The highest BCUT2D eigenvalue weighted by molar-refractivity contribution is 14.1. The number of halogens is 3. The van der Waals surface area contributed by atoms with E-state index < -0.39 is 12.0 Å². The van der Waals surface area contributed by atoms with Gasteiger partial charge in [0, 0.05) is 5.56 Å². The Morgan fingerprint density at radius 1 is 1.00 bits per heavy atom. The van der Waals surface area contributed by atoms with Crippen LogP contribution >= 0.6 is 57.1 Å². The number of methoxy groups -OCH3 is 1. The maximum atomic E-state index is 14.2. The van der Waals surface area contributed by atoms with Gasteiger partial charge in [0.05, 0.1) is 49.2 Å². The van der Waals surface area contributed by atoms with Crippen LogP contribution in [0.25, 0.3) is 11.8 Å². The first-order chi connectivity index (χ1) is 22.8. The van der Waals surface area contributed by atoms with E-state index in [0.29, 0.717) is 42.1 Å². The SMILES string of the molecule is CCOC(=O)C1=C(c2ccccc2)N=c2s/c(=C\c3cc(I)c(OCc4ccc(Cl)c(Cl)c4)c(OC)c3)c(=O)n2[C@H]1c1ccccc1. The van der Waals surface area contributed by atoms with Crippen molar-refractivity contribution >= 4 is 74.9 Å². The maximum Gasteiger partial charge on any atom is 0.338 e. The normalized spacial score (nSPS) is 14.4. The fraction of sp³-hybridized carbons (Fsp3) is 0.139. The molecule has 0 radical (unpaired) electrons. The van der Waals surface area contributed by atoms with Crippen LogP contribution in [-0.2, 0) is 16.1 Å². The average molecular weight is 797 g/mol. The molecule has 1 aliphatic rings. The van der Waals surface area contributed by atoms with Crippen molar-refractivity contribution < 1.29 is 19.0 Å². The standard InChI is InChI=1S/C36H27Cl2IN2O5S/c1-3-45-35(43)30-31(23-10-6-4-7-11-23)40-36-41(32(30)24-12-8-5-9-13-24)34(42)29(47-36)19-22-17-27(39)33(28(18-22)44-2)46-20-21-14-15-25(37)26(38)16-21/h4-19,32H,3,20H2,1-2H3/b29-19-/t32-/m0/s1. The van der Waals surface area contributed by atoms with Crippen LogP contribution < -0.4 is 24.4 Å². The number of hydrogen-bond acceptors (Lipinski definition) is 7. The zero-order valence-corrected chi connectivity index (χ0v) is 29.7. The monoisotopic (exact) mass is 796 g/mol. The number of carbonyl (C=O) groups is 1. The second-order valence-corrected chi connectivity index (χ2v) is 13.4. The molecule has 0 N–H and O–H groups in total. The number of hydrogen-bond donors (Lipinski definition) is 0. The molecule has 0 bridgehead atoms. The molecule has 0 aliphatic carbocycles. The van der Waals surface area contributed by atoms with E-state index in [1.165, 1.54) is 11.3 Å². The lowest BCUT2D eigenvalue weighted by Crippen LogP contribution is -2.40. The van der Waals surface area contributed by atoms with Gasteiger partial charge in [0.1, 0.15) is 6.61 Å². The number of benzene rings is 4. The summed E-state index contributed by atoms with van der Waals surface area (Å²) in [6.07, 6.45) is 1.80. The Hall–Kier alpha value is -3.90. The van der Waals surface area contributed by atoms with Crippen molar-refractivity contribution in [1.29, 1.82) is 0 Å². The van der Waals surface area contributed by atoms with Crippen LogP contribution in [0.5, 0.6) is 11.5 Å². The van der Waals surface area contributed by atoms with Gasteiger partial charge in [0.2, 0.25) is 0 Å². The summed E-state index contributed by atoms with van der Waals surface area (Å²) in [6, 6.07) is 27.3. The minimum atomic E-state index is -0.740. The van der Waals surface area contributed by atoms with Gasteiger partial charge in [-0.1, -0.05) is 101 Å². The maximum absolute atomic E-state index is 14.2. The van der Waals surface area contributed by atoms with E-state index in [1.54, 1.807) is 36.8 Å². The molecule has 238 valence electrons. The Labute approximate surface area is 298 Å². The largest absolute Gasteiger partial charge is 0.493 e. The van der Waals surface area contributed by atoms with Crippen LogP contribution in [0, 0.1) is 3.57 Å². The van der Waals surface area contributed by atoms with Crippen molar-refractivity contribution in [3.8, 4) is 11.5 Å². The molecule has 0 saturated carbocycles. The summed E-state index contributed by atoms with van der Waals surface area (Å²) in [4.78, 5) is 33.2. The number of nitrogens with zero attached hydrogens (tertiary/aromatic N) is 2. The molecule has 1 aromatic heterocycles. The van der Waals surface area contributed by atoms with Crippen molar-refractivity contribution in [1.82, 2.24) is 4.57 Å². The molecule has 0 amide bonds. The molecule has 0 fully saturated rings. The topological polar surface area (TPSA) is 79.1 Å². The van der Waals surface area contributed by atoms with Crippen LogP contribution in [0.1, 0.15) is 35.2 Å². The molecule has 47 heavy (non-hydrogen) atoms. The molecule has 6 rings (SSSR count). The number of ether oxygens (including phenoxy) is 3. The smallest absolute Gasteiger partial charge is 0.338 e. The minimum absolute atomic E-state index is 0.184. The molecular weight excluding hydrogens is 770 g/mol. The van der Waals surface area contributed by atoms with Crippen molar-refractivity contribution in [3.05, 3.63) is 152 Å². The molecule has 1 aliphatic heterocycles. The van der Waals surface area contributed by atoms with E-state index in [-0.39, 0.29) is 18.8 Å². The predicted molar refractivity (Wildman–Crippen MR) is 194 cm³/mol. The van der Waals surface area contributed by atoms with E-state index in [2.05, 4.69) is 22.6 Å². The van der Waals surface area contributed by atoms with E-state index in [4.69, 9.17) is 42.4 Å². The minimum Gasteiger partial charge on any atom is -0.493 e. The van der Waals surface area contributed by atoms with Gasteiger partial charge in [-0.2, -0.15) is 0 Å².